The largest absolute Gasteiger partial charge is 0.486 e. The van der Waals surface area contributed by atoms with E-state index in [0.29, 0.717) is 31.9 Å². The summed E-state index contributed by atoms with van der Waals surface area (Å²) in [7, 11) is 0. The summed E-state index contributed by atoms with van der Waals surface area (Å²) < 4.78 is 11.3. The molecule has 1 unspecified atom stereocenters. The number of fused-ring (bicyclic) bond motifs is 1. The van der Waals surface area contributed by atoms with E-state index >= 15 is 0 Å². The maximum absolute atomic E-state index is 13.1. The number of rotatable bonds is 5. The van der Waals surface area contributed by atoms with Crippen molar-refractivity contribution in [2.45, 2.75) is 19.0 Å². The molecule has 0 saturated carbocycles. The summed E-state index contributed by atoms with van der Waals surface area (Å²) in [6.45, 7) is 2.65. The lowest BCUT2D eigenvalue weighted by atomic mass is 10.1. The quantitative estimate of drug-likeness (QED) is 0.792. The van der Waals surface area contributed by atoms with Gasteiger partial charge in [-0.3, -0.25) is 4.79 Å². The summed E-state index contributed by atoms with van der Waals surface area (Å²) >= 11 is 3.58. The zero-order chi connectivity index (χ0) is 17.8. The molecule has 1 N–H and O–H groups in total. The molecule has 1 amide bonds. The van der Waals surface area contributed by atoms with E-state index in [-0.39, 0.29) is 24.4 Å². The minimum Gasteiger partial charge on any atom is -0.486 e. The summed E-state index contributed by atoms with van der Waals surface area (Å²) in [5.41, 5.74) is 0.858. The van der Waals surface area contributed by atoms with E-state index in [0.717, 1.165) is 29.5 Å². The van der Waals surface area contributed by atoms with E-state index in [9.17, 15) is 4.79 Å². The number of carbonyl (C=O) groups excluding carboxylic acids is 1. The number of nitrogens with zero attached hydrogens (tertiary/aromatic N) is 1. The Hall–Kier alpha value is -1.41. The summed E-state index contributed by atoms with van der Waals surface area (Å²) in [6.07, 6.45) is 0.507. The molecule has 27 heavy (non-hydrogen) atoms. The van der Waals surface area contributed by atoms with E-state index in [2.05, 4.69) is 11.4 Å². The third kappa shape index (κ3) is 5.10. The number of halogens is 1. The minimum atomic E-state index is 0. The van der Waals surface area contributed by atoms with Crippen molar-refractivity contribution >= 4 is 47.1 Å². The standard InChI is InChI=1S/C19H22N2O3S2.ClH/c22-19(10-14-13-25-9-5-20-14)21(12-16-2-1-8-26-16)15-3-4-17-18(11-15)24-7-6-23-17;/h1-4,8,11,14,20H,5-7,9-10,12-13H2;1H. The van der Waals surface area contributed by atoms with Crippen molar-refractivity contribution in [3.05, 3.63) is 40.6 Å². The molecule has 0 spiro atoms. The molecule has 0 radical (unpaired) electrons. The highest BCUT2D eigenvalue weighted by atomic mass is 35.5. The highest BCUT2D eigenvalue weighted by Crippen LogP contribution is 2.35. The van der Waals surface area contributed by atoms with Crippen LogP contribution >= 0.6 is 35.5 Å². The van der Waals surface area contributed by atoms with Crippen molar-refractivity contribution in [2.24, 2.45) is 0 Å². The molecule has 4 rings (SSSR count). The van der Waals surface area contributed by atoms with Crippen LogP contribution in [0.1, 0.15) is 11.3 Å². The molecule has 2 aliphatic heterocycles. The van der Waals surface area contributed by atoms with Crippen molar-refractivity contribution in [1.29, 1.82) is 0 Å². The average molecular weight is 427 g/mol. The average Bonchev–Trinajstić information content (AvgIpc) is 3.20. The third-order valence-corrected chi connectivity index (χ3v) is 6.44. The zero-order valence-electron chi connectivity index (χ0n) is 14.9. The second kappa shape index (κ2) is 9.68. The smallest absolute Gasteiger partial charge is 0.228 e. The lowest BCUT2D eigenvalue weighted by Crippen LogP contribution is -2.42. The van der Waals surface area contributed by atoms with Gasteiger partial charge in [0.15, 0.2) is 11.5 Å². The number of anilines is 1. The van der Waals surface area contributed by atoms with Crippen LogP contribution in [0.25, 0.3) is 0 Å². The maximum Gasteiger partial charge on any atom is 0.228 e. The van der Waals surface area contributed by atoms with Gasteiger partial charge >= 0.3 is 0 Å². The first-order valence-electron chi connectivity index (χ1n) is 8.83. The van der Waals surface area contributed by atoms with Crippen molar-refractivity contribution < 1.29 is 14.3 Å². The van der Waals surface area contributed by atoms with Crippen LogP contribution in [0.5, 0.6) is 11.5 Å². The summed E-state index contributed by atoms with van der Waals surface area (Å²) in [5.74, 6) is 3.69. The number of nitrogens with one attached hydrogen (secondary N) is 1. The number of hydrogen-bond donors (Lipinski definition) is 1. The van der Waals surface area contributed by atoms with Gasteiger partial charge in [0.2, 0.25) is 5.91 Å². The van der Waals surface area contributed by atoms with Gasteiger partial charge in [0.05, 0.1) is 6.54 Å². The van der Waals surface area contributed by atoms with Crippen molar-refractivity contribution in [3.63, 3.8) is 0 Å². The summed E-state index contributed by atoms with van der Waals surface area (Å²) in [6, 6.07) is 10.1. The summed E-state index contributed by atoms with van der Waals surface area (Å²) in [4.78, 5) is 16.1. The Bertz CT molecular complexity index is 751. The van der Waals surface area contributed by atoms with Crippen molar-refractivity contribution in [1.82, 2.24) is 5.32 Å². The fraction of sp³-hybridized carbons (Fsp3) is 0.421. The predicted molar refractivity (Wildman–Crippen MR) is 114 cm³/mol. The SMILES string of the molecule is Cl.O=C(CC1CSCCN1)N(Cc1cccs1)c1ccc2c(c1)OCCO2. The van der Waals surface area contributed by atoms with E-state index < -0.39 is 0 Å². The van der Waals surface area contributed by atoms with Crippen LogP contribution in [0.15, 0.2) is 35.7 Å². The molecule has 146 valence electrons. The van der Waals surface area contributed by atoms with Gasteiger partial charge in [-0.2, -0.15) is 11.8 Å². The van der Waals surface area contributed by atoms with Crippen LogP contribution in [0.4, 0.5) is 5.69 Å². The van der Waals surface area contributed by atoms with Crippen LogP contribution in [0.3, 0.4) is 0 Å². The third-order valence-electron chi connectivity index (χ3n) is 4.45. The second-order valence-corrected chi connectivity index (χ2v) is 8.50. The number of carbonyl (C=O) groups is 1. The molecule has 1 aromatic carbocycles. The fourth-order valence-corrected chi connectivity index (χ4v) is 4.80. The Labute approximate surface area is 173 Å². The Morgan fingerprint density at radius 2 is 2.07 bits per heavy atom. The zero-order valence-corrected chi connectivity index (χ0v) is 17.3. The molecule has 2 aliphatic rings. The Morgan fingerprint density at radius 3 is 2.81 bits per heavy atom. The van der Waals surface area contributed by atoms with E-state index in [4.69, 9.17) is 9.47 Å². The Balaban J connectivity index is 0.00000210. The second-order valence-electron chi connectivity index (χ2n) is 6.32. The number of hydrogen-bond acceptors (Lipinski definition) is 6. The molecule has 8 heteroatoms. The first kappa shape index (κ1) is 20.3. The van der Waals surface area contributed by atoms with E-state index in [1.165, 1.54) is 4.88 Å². The molecule has 0 aliphatic carbocycles. The fourth-order valence-electron chi connectivity index (χ4n) is 3.15. The van der Waals surface area contributed by atoms with Crippen LogP contribution in [0, 0.1) is 0 Å². The molecule has 3 heterocycles. The van der Waals surface area contributed by atoms with Gasteiger partial charge in [0.25, 0.3) is 0 Å². The maximum atomic E-state index is 13.1. The minimum absolute atomic E-state index is 0. The van der Waals surface area contributed by atoms with Crippen LogP contribution in [0.2, 0.25) is 0 Å². The molecule has 0 bridgehead atoms. The monoisotopic (exact) mass is 426 g/mol. The van der Waals surface area contributed by atoms with Gasteiger partial charge in [0, 0.05) is 47.1 Å². The van der Waals surface area contributed by atoms with Gasteiger partial charge < -0.3 is 19.7 Å². The molecular weight excluding hydrogens is 404 g/mol. The molecule has 1 aromatic heterocycles. The van der Waals surface area contributed by atoms with Gasteiger partial charge in [-0.05, 0) is 23.6 Å². The molecule has 2 aromatic rings. The number of ether oxygens (including phenoxy) is 2. The van der Waals surface area contributed by atoms with Gasteiger partial charge in [-0.25, -0.2) is 0 Å². The molecule has 5 nitrogen and oxygen atoms in total. The van der Waals surface area contributed by atoms with Crippen LogP contribution in [-0.2, 0) is 11.3 Å². The van der Waals surface area contributed by atoms with Crippen molar-refractivity contribution in [2.75, 3.05) is 36.2 Å². The topological polar surface area (TPSA) is 50.8 Å². The number of amides is 1. The predicted octanol–water partition coefficient (Wildman–Crippen LogP) is 3.57. The lowest BCUT2D eigenvalue weighted by molar-refractivity contribution is -0.119. The summed E-state index contributed by atoms with van der Waals surface area (Å²) in [5, 5.41) is 5.50. The molecule has 1 saturated heterocycles. The van der Waals surface area contributed by atoms with E-state index in [1.807, 2.05) is 46.3 Å². The van der Waals surface area contributed by atoms with E-state index in [1.54, 1.807) is 11.3 Å². The molecule has 1 fully saturated rings. The molecule has 1 atom stereocenters. The number of thioether (sulfide) groups is 1. The Morgan fingerprint density at radius 1 is 1.22 bits per heavy atom. The van der Waals surface area contributed by atoms with Gasteiger partial charge in [0.1, 0.15) is 13.2 Å². The highest BCUT2D eigenvalue weighted by Gasteiger charge is 2.24. The normalized spacial score (nSPS) is 18.4. The van der Waals surface area contributed by atoms with Crippen LogP contribution < -0.4 is 19.7 Å². The molecular formula is C19H23ClN2O3S2. The van der Waals surface area contributed by atoms with Crippen LogP contribution in [-0.4, -0.2) is 43.2 Å². The Kier molecular flexibility index (Phi) is 7.29. The number of thiophene rings is 1. The van der Waals surface area contributed by atoms with Gasteiger partial charge in [-0.1, -0.05) is 6.07 Å². The highest BCUT2D eigenvalue weighted by molar-refractivity contribution is 7.99. The van der Waals surface area contributed by atoms with Gasteiger partial charge in [-0.15, -0.1) is 23.7 Å². The first-order valence-corrected chi connectivity index (χ1v) is 10.9. The first-order chi connectivity index (χ1) is 12.8. The number of benzene rings is 1. The lowest BCUT2D eigenvalue weighted by Gasteiger charge is -2.28. The van der Waals surface area contributed by atoms with Crippen molar-refractivity contribution in [3.8, 4) is 11.5 Å².